The van der Waals surface area contributed by atoms with Gasteiger partial charge in [-0.3, -0.25) is 9.59 Å². The molecule has 102 valence electrons. The van der Waals surface area contributed by atoms with Crippen LogP contribution in [0.2, 0.25) is 0 Å². The summed E-state index contributed by atoms with van der Waals surface area (Å²) in [6.07, 6.45) is 0.764. The van der Waals surface area contributed by atoms with E-state index in [4.69, 9.17) is 0 Å². The monoisotopic (exact) mass is 343 g/mol. The van der Waals surface area contributed by atoms with Gasteiger partial charge in [-0.05, 0) is 22.0 Å². The van der Waals surface area contributed by atoms with Crippen molar-refractivity contribution in [1.82, 2.24) is 9.91 Å². The SMILES string of the molecule is CN(Cc1cc(Br)cs1)C(=O)C1=NN(C)C(=O)CC1. The molecule has 0 bridgehead atoms. The van der Waals surface area contributed by atoms with Crippen molar-refractivity contribution in [3.8, 4) is 0 Å². The van der Waals surface area contributed by atoms with E-state index < -0.39 is 0 Å². The Morgan fingerprint density at radius 2 is 2.32 bits per heavy atom. The Balaban J connectivity index is 2.03. The maximum atomic E-state index is 12.2. The second kappa shape index (κ2) is 5.83. The molecule has 0 radical (unpaired) electrons. The van der Waals surface area contributed by atoms with E-state index in [-0.39, 0.29) is 11.8 Å². The van der Waals surface area contributed by atoms with Crippen molar-refractivity contribution in [1.29, 1.82) is 0 Å². The Bertz CT molecular complexity index is 541. The maximum Gasteiger partial charge on any atom is 0.270 e. The Morgan fingerprint density at radius 3 is 2.89 bits per heavy atom. The fraction of sp³-hybridized carbons (Fsp3) is 0.417. The number of amides is 2. The number of rotatable bonds is 3. The third kappa shape index (κ3) is 3.42. The molecule has 0 aliphatic carbocycles. The van der Waals surface area contributed by atoms with Crippen molar-refractivity contribution in [2.45, 2.75) is 19.4 Å². The highest BCUT2D eigenvalue weighted by atomic mass is 79.9. The van der Waals surface area contributed by atoms with E-state index >= 15 is 0 Å². The van der Waals surface area contributed by atoms with Crippen LogP contribution in [0.1, 0.15) is 17.7 Å². The zero-order chi connectivity index (χ0) is 14.0. The number of carbonyl (C=O) groups is 2. The number of hydrogen-bond acceptors (Lipinski definition) is 4. The largest absolute Gasteiger partial charge is 0.335 e. The van der Waals surface area contributed by atoms with Gasteiger partial charge in [-0.15, -0.1) is 11.3 Å². The molecule has 2 heterocycles. The van der Waals surface area contributed by atoms with E-state index in [0.717, 1.165) is 9.35 Å². The van der Waals surface area contributed by atoms with Crippen LogP contribution < -0.4 is 0 Å². The predicted molar refractivity (Wildman–Crippen MR) is 77.9 cm³/mol. The van der Waals surface area contributed by atoms with Crippen LogP contribution in [0.3, 0.4) is 0 Å². The first-order chi connectivity index (χ1) is 8.97. The Morgan fingerprint density at radius 1 is 1.58 bits per heavy atom. The lowest BCUT2D eigenvalue weighted by Gasteiger charge is -2.22. The normalized spacial score (nSPS) is 15.4. The first kappa shape index (κ1) is 14.2. The van der Waals surface area contributed by atoms with Crippen molar-refractivity contribution in [2.75, 3.05) is 14.1 Å². The molecule has 1 aromatic rings. The number of carbonyl (C=O) groups excluding carboxylic acids is 2. The van der Waals surface area contributed by atoms with Crippen LogP contribution in [-0.4, -0.2) is 41.5 Å². The molecule has 0 N–H and O–H groups in total. The second-order valence-corrected chi connectivity index (χ2v) is 6.27. The van der Waals surface area contributed by atoms with Gasteiger partial charge < -0.3 is 4.90 Å². The Labute approximate surface area is 124 Å². The van der Waals surface area contributed by atoms with Crippen LogP contribution in [0.15, 0.2) is 21.0 Å². The van der Waals surface area contributed by atoms with Crippen molar-refractivity contribution < 1.29 is 9.59 Å². The molecule has 2 amide bonds. The van der Waals surface area contributed by atoms with Gasteiger partial charge in [0, 0.05) is 41.7 Å². The van der Waals surface area contributed by atoms with Gasteiger partial charge in [-0.1, -0.05) is 0 Å². The molecule has 0 saturated carbocycles. The molecule has 2 rings (SSSR count). The minimum atomic E-state index is -0.121. The van der Waals surface area contributed by atoms with Gasteiger partial charge in [-0.2, -0.15) is 5.10 Å². The average Bonchev–Trinajstić information content (AvgIpc) is 2.77. The number of hydrogen-bond donors (Lipinski definition) is 0. The van der Waals surface area contributed by atoms with E-state index in [0.29, 0.717) is 25.1 Å². The molecule has 0 spiro atoms. The highest BCUT2D eigenvalue weighted by Crippen LogP contribution is 2.21. The van der Waals surface area contributed by atoms with Gasteiger partial charge in [0.05, 0.1) is 6.54 Å². The lowest BCUT2D eigenvalue weighted by Crippen LogP contribution is -2.38. The van der Waals surface area contributed by atoms with Gasteiger partial charge in [0.2, 0.25) is 5.91 Å². The molecule has 7 heteroatoms. The van der Waals surface area contributed by atoms with Crippen LogP contribution in [-0.2, 0) is 16.1 Å². The molecule has 5 nitrogen and oxygen atoms in total. The quantitative estimate of drug-likeness (QED) is 0.843. The van der Waals surface area contributed by atoms with Crippen LogP contribution >= 0.6 is 27.3 Å². The number of halogens is 1. The number of nitrogens with zero attached hydrogens (tertiary/aromatic N) is 3. The van der Waals surface area contributed by atoms with Crippen molar-refractivity contribution in [3.05, 3.63) is 20.8 Å². The van der Waals surface area contributed by atoms with E-state index in [2.05, 4.69) is 21.0 Å². The third-order valence-electron chi connectivity index (χ3n) is 2.82. The summed E-state index contributed by atoms with van der Waals surface area (Å²) >= 11 is 4.99. The number of hydrazone groups is 1. The first-order valence-corrected chi connectivity index (χ1v) is 7.47. The summed E-state index contributed by atoms with van der Waals surface area (Å²) in [5.41, 5.74) is 0.445. The fourth-order valence-electron chi connectivity index (χ4n) is 1.79. The summed E-state index contributed by atoms with van der Waals surface area (Å²) in [4.78, 5) is 26.3. The molecular formula is C12H14BrN3O2S. The summed E-state index contributed by atoms with van der Waals surface area (Å²) in [6.45, 7) is 0.547. The van der Waals surface area contributed by atoms with E-state index in [1.54, 1.807) is 30.3 Å². The maximum absolute atomic E-state index is 12.2. The highest BCUT2D eigenvalue weighted by Gasteiger charge is 2.24. The molecular weight excluding hydrogens is 330 g/mol. The van der Waals surface area contributed by atoms with Crippen molar-refractivity contribution in [3.63, 3.8) is 0 Å². The minimum Gasteiger partial charge on any atom is -0.335 e. The summed E-state index contributed by atoms with van der Waals surface area (Å²) in [6, 6.07) is 1.99. The molecule has 1 aliphatic rings. The first-order valence-electron chi connectivity index (χ1n) is 5.80. The smallest absolute Gasteiger partial charge is 0.270 e. The standard InChI is InChI=1S/C12H14BrN3O2S/c1-15(6-9-5-8(13)7-19-9)12(18)10-3-4-11(17)16(2)14-10/h5,7H,3-4,6H2,1-2H3. The Hall–Kier alpha value is -1.21. The Kier molecular flexibility index (Phi) is 4.36. The summed E-state index contributed by atoms with van der Waals surface area (Å²) in [5.74, 6) is -0.176. The molecule has 0 saturated heterocycles. The van der Waals surface area contributed by atoms with Crippen LogP contribution in [0.4, 0.5) is 0 Å². The molecule has 0 unspecified atom stereocenters. The zero-order valence-electron chi connectivity index (χ0n) is 10.7. The van der Waals surface area contributed by atoms with E-state index in [1.807, 2.05) is 11.4 Å². The third-order valence-corrected chi connectivity index (χ3v) is 4.50. The zero-order valence-corrected chi connectivity index (χ0v) is 13.1. The van der Waals surface area contributed by atoms with E-state index in [9.17, 15) is 9.59 Å². The predicted octanol–water partition coefficient (Wildman–Crippen LogP) is 2.08. The van der Waals surface area contributed by atoms with Gasteiger partial charge in [0.25, 0.3) is 5.91 Å². The van der Waals surface area contributed by atoms with Gasteiger partial charge >= 0.3 is 0 Å². The summed E-state index contributed by atoms with van der Waals surface area (Å²) < 4.78 is 1.02. The van der Waals surface area contributed by atoms with Gasteiger partial charge in [-0.25, -0.2) is 5.01 Å². The van der Waals surface area contributed by atoms with Crippen molar-refractivity contribution in [2.24, 2.45) is 5.10 Å². The molecule has 1 aromatic heterocycles. The summed E-state index contributed by atoms with van der Waals surface area (Å²) in [5, 5.41) is 7.26. The molecule has 19 heavy (non-hydrogen) atoms. The lowest BCUT2D eigenvalue weighted by molar-refractivity contribution is -0.130. The highest BCUT2D eigenvalue weighted by molar-refractivity contribution is 9.10. The van der Waals surface area contributed by atoms with Crippen LogP contribution in [0.5, 0.6) is 0 Å². The van der Waals surface area contributed by atoms with Gasteiger partial charge in [0.15, 0.2) is 0 Å². The average molecular weight is 344 g/mol. The lowest BCUT2D eigenvalue weighted by atomic mass is 10.1. The molecule has 1 aliphatic heterocycles. The van der Waals surface area contributed by atoms with Crippen LogP contribution in [0, 0.1) is 0 Å². The summed E-state index contributed by atoms with van der Waals surface area (Å²) in [7, 11) is 3.32. The number of thiophene rings is 1. The fourth-order valence-corrected chi connectivity index (χ4v) is 3.29. The van der Waals surface area contributed by atoms with Gasteiger partial charge in [0.1, 0.15) is 5.71 Å². The van der Waals surface area contributed by atoms with E-state index in [1.165, 1.54) is 5.01 Å². The topological polar surface area (TPSA) is 53.0 Å². The minimum absolute atomic E-state index is 0.0543. The molecule has 0 aromatic carbocycles. The molecule has 0 fully saturated rings. The second-order valence-electron chi connectivity index (χ2n) is 4.36. The van der Waals surface area contributed by atoms with Crippen LogP contribution in [0.25, 0.3) is 0 Å². The molecule has 0 atom stereocenters. The van der Waals surface area contributed by atoms with Crippen molar-refractivity contribution >= 4 is 44.8 Å².